The number of morpholine rings is 1. The summed E-state index contributed by atoms with van der Waals surface area (Å²) in [4.78, 5) is 13.4. The van der Waals surface area contributed by atoms with Crippen LogP contribution >= 0.6 is 23.1 Å². The van der Waals surface area contributed by atoms with Crippen LogP contribution in [0.2, 0.25) is 0 Å². The summed E-state index contributed by atoms with van der Waals surface area (Å²) in [6.07, 6.45) is 6.02. The fourth-order valence-corrected chi connectivity index (χ4v) is 11.3. The Labute approximate surface area is 228 Å². The number of para-hydroxylation sites is 1. The van der Waals surface area contributed by atoms with E-state index in [1.54, 1.807) is 12.1 Å². The molecular weight excluding hydrogens is 551 g/mol. The van der Waals surface area contributed by atoms with Gasteiger partial charge in [0.2, 0.25) is 0 Å². The fraction of sp³-hybridized carbons (Fsp3) is 0.500. The van der Waals surface area contributed by atoms with Crippen LogP contribution in [-0.4, -0.2) is 48.6 Å². The van der Waals surface area contributed by atoms with E-state index in [4.69, 9.17) is 9.48 Å². The number of halogens is 1. The number of hydrogen-bond acceptors (Lipinski definition) is 5. The van der Waals surface area contributed by atoms with Crippen LogP contribution in [0.1, 0.15) is 51.5 Å². The molecule has 2 aromatic rings. The van der Waals surface area contributed by atoms with Crippen molar-refractivity contribution in [2.45, 2.75) is 57.0 Å². The van der Waals surface area contributed by atoms with E-state index in [9.17, 15) is 10.1 Å². The Kier molecular flexibility index (Phi) is 7.65. The number of fused-ring (bicyclic) bond motifs is 1. The Morgan fingerprint density at radius 1 is 1.14 bits per heavy atom. The van der Waals surface area contributed by atoms with Crippen molar-refractivity contribution < 1.29 is 9.66 Å². The molecule has 1 atom stereocenters. The van der Waals surface area contributed by atoms with E-state index < -0.39 is 7.21 Å². The van der Waals surface area contributed by atoms with Gasteiger partial charge in [0, 0.05) is 59.2 Å². The van der Waals surface area contributed by atoms with Crippen LogP contribution in [0, 0.1) is 10.1 Å². The van der Waals surface area contributed by atoms with Gasteiger partial charge in [0.05, 0.1) is 31.0 Å². The second-order valence-corrected chi connectivity index (χ2v) is 14.8. The third-order valence-electron chi connectivity index (χ3n) is 8.22. The van der Waals surface area contributed by atoms with Crippen LogP contribution in [-0.2, 0) is 10.2 Å². The average Bonchev–Trinajstić information content (AvgIpc) is 3.10. The van der Waals surface area contributed by atoms with Crippen molar-refractivity contribution in [3.05, 3.63) is 74.1 Å². The summed E-state index contributed by atoms with van der Waals surface area (Å²) in [6.45, 7) is 7.73. The lowest BCUT2D eigenvalue weighted by molar-refractivity contribution is -0.384. The van der Waals surface area contributed by atoms with Crippen LogP contribution in [0.4, 0.5) is 17.1 Å². The number of rotatable bonds is 5. The van der Waals surface area contributed by atoms with E-state index in [-0.39, 0.29) is 16.0 Å². The number of hydrogen-bond donors (Lipinski definition) is 0. The molecule has 0 amide bonds. The number of likely N-dealkylation sites (N-methyl/N-ethyl adjacent to an activating group) is 1. The third kappa shape index (κ3) is 4.94. The normalized spacial score (nSPS) is 23.0. The Morgan fingerprint density at radius 3 is 2.49 bits per heavy atom. The number of anilines is 1. The van der Waals surface area contributed by atoms with Crippen molar-refractivity contribution in [3.63, 3.8) is 0 Å². The highest BCUT2D eigenvalue weighted by molar-refractivity contribution is 9.10. The van der Waals surface area contributed by atoms with Crippen molar-refractivity contribution >= 4 is 40.2 Å². The molecule has 2 aromatic carbocycles. The first kappa shape index (κ1) is 26.6. The lowest BCUT2D eigenvalue weighted by atomic mass is 9.84. The molecule has 7 nitrogen and oxygen atoms in total. The number of nitrogens with zero attached hydrogens (tertiary/aromatic N) is 4. The molecule has 198 valence electrons. The van der Waals surface area contributed by atoms with Crippen LogP contribution in [0.5, 0.6) is 0 Å². The quantitative estimate of drug-likeness (QED) is 0.201. The third-order valence-corrected chi connectivity index (χ3v) is 12.9. The van der Waals surface area contributed by atoms with Crippen molar-refractivity contribution in [2.75, 3.05) is 38.3 Å². The summed E-state index contributed by atoms with van der Waals surface area (Å²) in [6, 6.07) is 13.7. The van der Waals surface area contributed by atoms with E-state index in [2.05, 4.69) is 76.5 Å². The Bertz CT molecular complexity index is 1240. The first-order chi connectivity index (χ1) is 17.7. The number of ether oxygens (including phenoxy) is 1. The Morgan fingerprint density at radius 2 is 1.84 bits per heavy atom. The highest BCUT2D eigenvalue weighted by Crippen LogP contribution is 2.67. The fourth-order valence-electron chi connectivity index (χ4n) is 6.20. The zero-order valence-corrected chi connectivity index (χ0v) is 24.4. The molecule has 2 heterocycles. The van der Waals surface area contributed by atoms with Gasteiger partial charge in [-0.2, -0.15) is 0 Å². The smallest absolute Gasteiger partial charge is 0.270 e. The van der Waals surface area contributed by atoms with Gasteiger partial charge >= 0.3 is 0 Å². The molecule has 3 aliphatic rings. The molecule has 0 aromatic heterocycles. The highest BCUT2D eigenvalue weighted by Gasteiger charge is 2.43. The monoisotopic (exact) mass is 586 g/mol. The highest BCUT2D eigenvalue weighted by atomic mass is 79.9. The zero-order chi connectivity index (χ0) is 26.2. The summed E-state index contributed by atoms with van der Waals surface area (Å²) in [5.41, 5.74) is 5.04. The van der Waals surface area contributed by atoms with Crippen LogP contribution in [0.15, 0.2) is 63.2 Å². The molecule has 2 aliphatic heterocycles. The van der Waals surface area contributed by atoms with Gasteiger partial charge in [0.25, 0.3) is 5.69 Å². The topological polar surface area (TPSA) is 71.2 Å². The predicted octanol–water partition coefficient (Wildman–Crippen LogP) is 8.04. The van der Waals surface area contributed by atoms with Crippen molar-refractivity contribution in [3.8, 4) is 0 Å². The van der Waals surface area contributed by atoms with E-state index in [1.165, 1.54) is 36.2 Å². The molecule has 0 radical (unpaired) electrons. The number of benzene rings is 2. The summed E-state index contributed by atoms with van der Waals surface area (Å²) < 4.78 is 14.8. The lowest BCUT2D eigenvalue weighted by Gasteiger charge is -2.44. The van der Waals surface area contributed by atoms with Gasteiger partial charge in [0.15, 0.2) is 0 Å². The number of nitro groups is 1. The Hall–Kier alpha value is -1.99. The standard InChI is InChI=1S/C28H36BrN4O3P/c1-28(2)23-11-7-8-12-26(23)31(3)27(28)20-37(22-9-5-4-6-10-22,32-15-17-36-18-16-32)30-25-14-13-21(33(34)35)19-24(25)29/h7-8,11-14,19-20,22H,4-6,9-10,15-18H2,1-3H3/b27-20-. The summed E-state index contributed by atoms with van der Waals surface area (Å²) >= 11 is 3.63. The minimum Gasteiger partial charge on any atom is -0.379 e. The van der Waals surface area contributed by atoms with Gasteiger partial charge in [-0.25, -0.2) is 4.74 Å². The molecular formula is C28H36BrN4O3P. The molecule has 2 fully saturated rings. The van der Waals surface area contributed by atoms with Gasteiger partial charge in [-0.05, 0) is 52.3 Å². The second-order valence-electron chi connectivity index (χ2n) is 10.8. The zero-order valence-electron chi connectivity index (χ0n) is 21.9. The molecule has 37 heavy (non-hydrogen) atoms. The van der Waals surface area contributed by atoms with Gasteiger partial charge in [0.1, 0.15) is 0 Å². The number of nitro benzene ring substituents is 1. The maximum Gasteiger partial charge on any atom is 0.270 e. The van der Waals surface area contributed by atoms with E-state index in [1.807, 2.05) is 6.07 Å². The summed E-state index contributed by atoms with van der Waals surface area (Å²) in [5, 5.41) is 11.4. The minimum atomic E-state index is -2.25. The molecule has 1 saturated carbocycles. The average molecular weight is 587 g/mol. The van der Waals surface area contributed by atoms with E-state index >= 15 is 0 Å². The van der Waals surface area contributed by atoms with Crippen molar-refractivity contribution in [2.24, 2.45) is 4.74 Å². The molecule has 5 rings (SSSR count). The van der Waals surface area contributed by atoms with Crippen LogP contribution in [0.3, 0.4) is 0 Å². The van der Waals surface area contributed by atoms with Gasteiger partial charge in [-0.15, -0.1) is 0 Å². The maximum absolute atomic E-state index is 11.4. The SMILES string of the molecule is CN1/C(=C\P(=Nc2ccc([N+](=O)[O-])cc2Br)(C2CCCCC2)N2CCOCC2)C(C)(C)c2ccccc21. The van der Waals surface area contributed by atoms with Crippen molar-refractivity contribution in [1.82, 2.24) is 4.67 Å². The first-order valence-corrected chi connectivity index (χ1v) is 15.8. The lowest BCUT2D eigenvalue weighted by Crippen LogP contribution is -2.37. The molecule has 9 heteroatoms. The second kappa shape index (κ2) is 10.6. The van der Waals surface area contributed by atoms with E-state index in [0.717, 1.165) is 31.6 Å². The van der Waals surface area contributed by atoms with Gasteiger partial charge in [-0.3, -0.25) is 14.8 Å². The van der Waals surface area contributed by atoms with Crippen molar-refractivity contribution in [1.29, 1.82) is 0 Å². The Balaban J connectivity index is 1.76. The number of allylic oxidation sites excluding steroid dienone is 1. The van der Waals surface area contributed by atoms with E-state index in [0.29, 0.717) is 23.3 Å². The molecule has 0 N–H and O–H groups in total. The molecule has 0 spiro atoms. The molecule has 0 bridgehead atoms. The van der Waals surface area contributed by atoms with Gasteiger partial charge < -0.3 is 9.64 Å². The first-order valence-electron chi connectivity index (χ1n) is 13.2. The molecule has 1 unspecified atom stereocenters. The molecule has 1 aliphatic carbocycles. The van der Waals surface area contributed by atoms with Gasteiger partial charge in [-0.1, -0.05) is 51.3 Å². The summed E-state index contributed by atoms with van der Waals surface area (Å²) in [5.74, 6) is 2.54. The predicted molar refractivity (Wildman–Crippen MR) is 155 cm³/mol. The van der Waals surface area contributed by atoms with Crippen LogP contribution < -0.4 is 4.90 Å². The largest absolute Gasteiger partial charge is 0.379 e. The molecule has 1 saturated heterocycles. The van der Waals surface area contributed by atoms with Crippen LogP contribution in [0.25, 0.3) is 0 Å². The minimum absolute atomic E-state index is 0.0734. The number of non-ortho nitro benzene ring substituents is 1. The maximum atomic E-state index is 11.4. The summed E-state index contributed by atoms with van der Waals surface area (Å²) in [7, 11) is -0.0782.